The number of halogens is 3. The number of fused-ring (bicyclic) bond motifs is 1. The van der Waals surface area contributed by atoms with Gasteiger partial charge in [0.05, 0.1) is 23.1 Å². The van der Waals surface area contributed by atoms with Crippen molar-refractivity contribution in [2.75, 3.05) is 13.1 Å². The molecule has 158 valence electrons. The van der Waals surface area contributed by atoms with Crippen molar-refractivity contribution < 1.29 is 27.5 Å². The third-order valence-electron chi connectivity index (χ3n) is 6.20. The molecule has 2 aromatic rings. The van der Waals surface area contributed by atoms with E-state index in [9.17, 15) is 22.8 Å². The molecule has 0 unspecified atom stereocenters. The maximum absolute atomic E-state index is 13.3. The first-order chi connectivity index (χ1) is 14.1. The van der Waals surface area contributed by atoms with Crippen molar-refractivity contribution in [1.82, 2.24) is 4.90 Å². The van der Waals surface area contributed by atoms with Gasteiger partial charge in [-0.15, -0.1) is 0 Å². The molecule has 1 saturated heterocycles. The molecule has 30 heavy (non-hydrogen) atoms. The van der Waals surface area contributed by atoms with Gasteiger partial charge in [0.1, 0.15) is 11.4 Å². The molecule has 1 spiro atoms. The van der Waals surface area contributed by atoms with E-state index in [-0.39, 0.29) is 30.9 Å². The van der Waals surface area contributed by atoms with Crippen molar-refractivity contribution in [3.05, 3.63) is 64.2 Å². The Hall–Kier alpha value is -2.83. The topological polar surface area (TPSA) is 46.6 Å². The quantitative estimate of drug-likeness (QED) is 0.659. The number of hydrogen-bond acceptors (Lipinski definition) is 3. The van der Waals surface area contributed by atoms with Crippen LogP contribution in [-0.4, -0.2) is 35.3 Å². The van der Waals surface area contributed by atoms with E-state index in [1.165, 1.54) is 23.1 Å². The highest BCUT2D eigenvalue weighted by Crippen LogP contribution is 2.42. The zero-order chi connectivity index (χ0) is 21.7. The van der Waals surface area contributed by atoms with E-state index >= 15 is 0 Å². The number of likely N-dealkylation sites (tertiary alicyclic amines) is 1. The van der Waals surface area contributed by atoms with E-state index in [0.29, 0.717) is 24.2 Å². The first-order valence-corrected chi connectivity index (χ1v) is 9.89. The summed E-state index contributed by atoms with van der Waals surface area (Å²) < 4.78 is 46.2. The molecule has 0 saturated carbocycles. The molecule has 2 heterocycles. The minimum atomic E-state index is -4.60. The van der Waals surface area contributed by atoms with Crippen LogP contribution in [0, 0.1) is 13.8 Å². The van der Waals surface area contributed by atoms with Gasteiger partial charge in [0.2, 0.25) is 0 Å². The summed E-state index contributed by atoms with van der Waals surface area (Å²) >= 11 is 0. The fraction of sp³-hybridized carbons (Fsp3) is 0.391. The number of piperidine rings is 1. The van der Waals surface area contributed by atoms with Gasteiger partial charge in [-0.1, -0.05) is 18.2 Å². The molecule has 2 aliphatic rings. The van der Waals surface area contributed by atoms with Crippen LogP contribution in [0.15, 0.2) is 36.4 Å². The second-order valence-corrected chi connectivity index (χ2v) is 8.10. The Balaban J connectivity index is 1.54. The highest BCUT2D eigenvalue weighted by Gasteiger charge is 2.45. The molecular formula is C23H22F3NO3. The summed E-state index contributed by atoms with van der Waals surface area (Å²) in [6.45, 7) is 4.33. The minimum Gasteiger partial charge on any atom is -0.486 e. The number of nitrogens with zero attached hydrogens (tertiary/aromatic N) is 1. The summed E-state index contributed by atoms with van der Waals surface area (Å²) in [5, 5.41) is 0. The molecule has 2 aliphatic heterocycles. The lowest BCUT2D eigenvalue weighted by Crippen LogP contribution is -2.52. The number of ether oxygens (including phenoxy) is 1. The van der Waals surface area contributed by atoms with Gasteiger partial charge in [0.15, 0.2) is 5.78 Å². The van der Waals surface area contributed by atoms with E-state index in [0.717, 1.165) is 17.2 Å². The van der Waals surface area contributed by atoms with E-state index in [1.807, 2.05) is 19.9 Å². The summed E-state index contributed by atoms with van der Waals surface area (Å²) in [5.74, 6) is -0.0534. The molecule has 7 heteroatoms. The second kappa shape index (κ2) is 7.15. The molecule has 0 N–H and O–H groups in total. The van der Waals surface area contributed by atoms with Crippen LogP contribution in [-0.2, 0) is 6.18 Å². The Morgan fingerprint density at radius 3 is 2.40 bits per heavy atom. The van der Waals surface area contributed by atoms with Crippen LogP contribution in [0.1, 0.15) is 56.7 Å². The first-order valence-electron chi connectivity index (χ1n) is 9.89. The fourth-order valence-electron chi connectivity index (χ4n) is 4.26. The van der Waals surface area contributed by atoms with Gasteiger partial charge in [-0.3, -0.25) is 9.59 Å². The van der Waals surface area contributed by atoms with Crippen LogP contribution in [0.3, 0.4) is 0 Å². The molecule has 2 aromatic carbocycles. The van der Waals surface area contributed by atoms with Crippen LogP contribution < -0.4 is 4.74 Å². The van der Waals surface area contributed by atoms with E-state index in [4.69, 9.17) is 4.74 Å². The van der Waals surface area contributed by atoms with Gasteiger partial charge in [0, 0.05) is 25.9 Å². The van der Waals surface area contributed by atoms with E-state index in [2.05, 4.69) is 0 Å². The Kier molecular flexibility index (Phi) is 4.87. The Labute approximate surface area is 172 Å². The second-order valence-electron chi connectivity index (χ2n) is 8.10. The number of benzene rings is 2. The average Bonchev–Trinajstić information content (AvgIpc) is 2.70. The number of rotatable bonds is 1. The van der Waals surface area contributed by atoms with Crippen molar-refractivity contribution in [2.45, 2.75) is 44.9 Å². The Morgan fingerprint density at radius 2 is 1.73 bits per heavy atom. The summed E-state index contributed by atoms with van der Waals surface area (Å²) in [6, 6.07) is 8.50. The van der Waals surface area contributed by atoms with Crippen LogP contribution in [0.2, 0.25) is 0 Å². The molecule has 0 aromatic heterocycles. The third-order valence-corrected chi connectivity index (χ3v) is 6.20. The number of ketones is 1. The van der Waals surface area contributed by atoms with Crippen LogP contribution in [0.4, 0.5) is 13.2 Å². The smallest absolute Gasteiger partial charge is 0.417 e. The van der Waals surface area contributed by atoms with Crippen LogP contribution >= 0.6 is 0 Å². The molecule has 0 radical (unpaired) electrons. The molecule has 0 bridgehead atoms. The third kappa shape index (κ3) is 3.46. The number of hydrogen-bond donors (Lipinski definition) is 0. The maximum Gasteiger partial charge on any atom is 0.417 e. The Bertz CT molecular complexity index is 1020. The summed E-state index contributed by atoms with van der Waals surface area (Å²) in [7, 11) is 0. The first kappa shape index (κ1) is 20.4. The highest BCUT2D eigenvalue weighted by atomic mass is 19.4. The van der Waals surface area contributed by atoms with Crippen LogP contribution in [0.5, 0.6) is 5.75 Å². The highest BCUT2D eigenvalue weighted by molar-refractivity contribution is 6.01. The lowest BCUT2D eigenvalue weighted by atomic mass is 9.81. The molecular weight excluding hydrogens is 395 g/mol. The SMILES string of the molecule is Cc1ccc2c(c1C)OC1(CCN(C(=O)c3ccccc3C(F)(F)F)CC1)CC2=O. The molecule has 4 rings (SSSR count). The number of carbonyl (C=O) groups is 2. The lowest BCUT2D eigenvalue weighted by Gasteiger charge is -2.44. The number of aryl methyl sites for hydroxylation is 1. The van der Waals surface area contributed by atoms with Gasteiger partial charge in [-0.25, -0.2) is 0 Å². The van der Waals surface area contributed by atoms with E-state index in [1.54, 1.807) is 6.07 Å². The van der Waals surface area contributed by atoms with Gasteiger partial charge in [-0.05, 0) is 43.2 Å². The molecule has 1 fully saturated rings. The van der Waals surface area contributed by atoms with Gasteiger partial charge >= 0.3 is 6.18 Å². The lowest BCUT2D eigenvalue weighted by molar-refractivity contribution is -0.138. The number of Topliss-reactive ketones (excluding diaryl/α,β-unsaturated/α-hetero) is 1. The maximum atomic E-state index is 13.3. The fourth-order valence-corrected chi connectivity index (χ4v) is 4.26. The predicted octanol–water partition coefficient (Wildman–Crippen LogP) is 4.96. The van der Waals surface area contributed by atoms with Crippen molar-refractivity contribution in [3.8, 4) is 5.75 Å². The monoisotopic (exact) mass is 417 g/mol. The molecule has 1 amide bonds. The molecule has 4 nitrogen and oxygen atoms in total. The zero-order valence-electron chi connectivity index (χ0n) is 16.8. The predicted molar refractivity (Wildman–Crippen MR) is 105 cm³/mol. The minimum absolute atomic E-state index is 0.00143. The van der Waals surface area contributed by atoms with Crippen molar-refractivity contribution in [3.63, 3.8) is 0 Å². The normalized spacial score (nSPS) is 18.2. The van der Waals surface area contributed by atoms with Gasteiger partial charge in [-0.2, -0.15) is 13.2 Å². The van der Waals surface area contributed by atoms with Crippen molar-refractivity contribution in [2.24, 2.45) is 0 Å². The largest absolute Gasteiger partial charge is 0.486 e. The zero-order valence-corrected chi connectivity index (χ0v) is 16.8. The Morgan fingerprint density at radius 1 is 1.07 bits per heavy atom. The van der Waals surface area contributed by atoms with Crippen LogP contribution in [0.25, 0.3) is 0 Å². The molecule has 0 atom stereocenters. The van der Waals surface area contributed by atoms with E-state index < -0.39 is 23.2 Å². The number of amides is 1. The van der Waals surface area contributed by atoms with Crippen molar-refractivity contribution >= 4 is 11.7 Å². The standard InChI is InChI=1S/C23H22F3NO3/c1-14-7-8-17-19(28)13-22(30-20(17)15(14)2)9-11-27(12-10-22)21(29)16-5-3-4-6-18(16)23(24,25)26/h3-8H,9-13H2,1-2H3. The number of alkyl halides is 3. The van der Waals surface area contributed by atoms with Gasteiger partial charge < -0.3 is 9.64 Å². The molecule has 0 aliphatic carbocycles. The summed E-state index contributed by atoms with van der Waals surface area (Å²) in [4.78, 5) is 27.0. The summed E-state index contributed by atoms with van der Waals surface area (Å²) in [6.07, 6.45) is -3.60. The number of carbonyl (C=O) groups excluding carboxylic acids is 2. The summed E-state index contributed by atoms with van der Waals surface area (Å²) in [5.41, 5.74) is 0.509. The van der Waals surface area contributed by atoms with Crippen molar-refractivity contribution in [1.29, 1.82) is 0 Å². The van der Waals surface area contributed by atoms with Gasteiger partial charge in [0.25, 0.3) is 5.91 Å². The average molecular weight is 417 g/mol.